The van der Waals surface area contributed by atoms with E-state index in [2.05, 4.69) is 10.3 Å². The largest absolute Gasteiger partial charge is 0.495 e. The minimum Gasteiger partial charge on any atom is -0.495 e. The number of aromatic nitrogens is 1. The van der Waals surface area contributed by atoms with E-state index in [9.17, 15) is 9.59 Å². The molecule has 2 amide bonds. The van der Waals surface area contributed by atoms with Crippen LogP contribution < -0.4 is 19.7 Å². The molecular weight excluding hydrogens is 438 g/mol. The predicted octanol–water partition coefficient (Wildman–Crippen LogP) is 5.15. The number of hydrogen-bond acceptors (Lipinski definition) is 6. The van der Waals surface area contributed by atoms with E-state index in [0.717, 1.165) is 5.69 Å². The number of para-hydroxylation sites is 1. The Morgan fingerprint density at radius 1 is 1.13 bits per heavy atom. The number of methoxy groups -OCH3 is 2. The van der Waals surface area contributed by atoms with Crippen LogP contribution in [-0.2, 0) is 9.59 Å². The lowest BCUT2D eigenvalue weighted by molar-refractivity contribution is -0.116. The van der Waals surface area contributed by atoms with Crippen LogP contribution in [0.5, 0.6) is 11.5 Å². The molecule has 1 aromatic heterocycles. The average Bonchev–Trinajstić information content (AvgIpc) is 3.22. The Morgan fingerprint density at radius 3 is 2.48 bits per heavy atom. The normalized spacial score (nSPS) is 10.7. The maximum absolute atomic E-state index is 12.4. The van der Waals surface area contributed by atoms with Gasteiger partial charge in [-0.1, -0.05) is 29.8 Å². The minimum atomic E-state index is -0.385. The van der Waals surface area contributed by atoms with Gasteiger partial charge in [0.15, 0.2) is 5.13 Å². The molecule has 160 valence electrons. The summed E-state index contributed by atoms with van der Waals surface area (Å²) >= 11 is 7.39. The molecule has 1 N–H and O–H groups in total. The highest BCUT2D eigenvalue weighted by atomic mass is 35.5. The van der Waals surface area contributed by atoms with Gasteiger partial charge in [0.05, 0.1) is 36.3 Å². The summed E-state index contributed by atoms with van der Waals surface area (Å²) < 4.78 is 10.4. The first-order valence-electron chi connectivity index (χ1n) is 9.14. The van der Waals surface area contributed by atoms with Gasteiger partial charge >= 0.3 is 0 Å². The monoisotopic (exact) mass is 457 g/mol. The number of carbonyl (C=O) groups is 2. The summed E-state index contributed by atoms with van der Waals surface area (Å²) in [6.45, 7) is 1.48. The molecule has 1 heterocycles. The molecule has 7 nitrogen and oxygen atoms in total. The summed E-state index contributed by atoms with van der Waals surface area (Å²) in [5, 5.41) is 5.38. The van der Waals surface area contributed by atoms with E-state index in [1.165, 1.54) is 43.5 Å². The van der Waals surface area contributed by atoms with Crippen molar-refractivity contribution in [2.45, 2.75) is 6.92 Å². The average molecular weight is 458 g/mol. The van der Waals surface area contributed by atoms with Crippen molar-refractivity contribution in [3.05, 3.63) is 64.6 Å². The number of benzene rings is 2. The molecule has 2 aromatic carbocycles. The van der Waals surface area contributed by atoms with Crippen LogP contribution in [0.3, 0.4) is 0 Å². The number of carbonyl (C=O) groups excluding carboxylic acids is 2. The van der Waals surface area contributed by atoms with Crippen molar-refractivity contribution in [1.82, 2.24) is 4.98 Å². The van der Waals surface area contributed by atoms with Gasteiger partial charge < -0.3 is 14.8 Å². The summed E-state index contributed by atoms with van der Waals surface area (Å²) in [5.74, 6) is 0.279. The third-order valence-corrected chi connectivity index (χ3v) is 5.31. The fourth-order valence-electron chi connectivity index (χ4n) is 2.75. The van der Waals surface area contributed by atoms with E-state index in [0.29, 0.717) is 33.0 Å². The molecule has 0 atom stereocenters. The topological polar surface area (TPSA) is 80.8 Å². The summed E-state index contributed by atoms with van der Waals surface area (Å²) in [5.41, 5.74) is 1.70. The van der Waals surface area contributed by atoms with E-state index >= 15 is 0 Å². The van der Waals surface area contributed by atoms with Crippen molar-refractivity contribution >= 4 is 57.3 Å². The van der Waals surface area contributed by atoms with Crippen molar-refractivity contribution in [1.29, 1.82) is 0 Å². The van der Waals surface area contributed by atoms with Crippen molar-refractivity contribution in [3.8, 4) is 11.5 Å². The molecule has 0 spiro atoms. The lowest BCUT2D eigenvalue weighted by Gasteiger charge is -2.17. The quantitative estimate of drug-likeness (QED) is 0.496. The fourth-order valence-corrected chi connectivity index (χ4v) is 3.84. The molecule has 0 aliphatic heterocycles. The lowest BCUT2D eigenvalue weighted by atomic mass is 10.2. The number of ether oxygens (including phenoxy) is 2. The van der Waals surface area contributed by atoms with Crippen LogP contribution in [0.1, 0.15) is 12.6 Å². The van der Waals surface area contributed by atoms with Crippen molar-refractivity contribution in [2.75, 3.05) is 24.4 Å². The molecule has 0 saturated carbocycles. The van der Waals surface area contributed by atoms with Gasteiger partial charge in [0.25, 0.3) is 0 Å². The number of amides is 2. The van der Waals surface area contributed by atoms with Crippen LogP contribution in [-0.4, -0.2) is 31.0 Å². The minimum absolute atomic E-state index is 0.155. The second kappa shape index (κ2) is 10.1. The zero-order valence-electron chi connectivity index (χ0n) is 17.1. The van der Waals surface area contributed by atoms with Gasteiger partial charge in [-0.15, -0.1) is 11.3 Å². The van der Waals surface area contributed by atoms with Gasteiger partial charge in [0, 0.05) is 30.5 Å². The van der Waals surface area contributed by atoms with Crippen LogP contribution >= 0.6 is 22.9 Å². The highest BCUT2D eigenvalue weighted by molar-refractivity contribution is 7.14. The van der Waals surface area contributed by atoms with Crippen LogP contribution in [0.2, 0.25) is 5.02 Å². The van der Waals surface area contributed by atoms with E-state index < -0.39 is 0 Å². The van der Waals surface area contributed by atoms with Crippen LogP contribution in [0.25, 0.3) is 6.08 Å². The van der Waals surface area contributed by atoms with Gasteiger partial charge in [0.2, 0.25) is 11.8 Å². The van der Waals surface area contributed by atoms with Gasteiger partial charge in [-0.25, -0.2) is 4.98 Å². The standard InChI is InChI=1S/C22H20ClN3O4S/c1-14(27)26(16-7-5-4-6-8-16)22-24-15(13-31-22)9-10-21(28)25-18-12-19(29-2)17(23)11-20(18)30-3/h4-13H,1-3H3,(H,25,28)/b10-9+. The van der Waals surface area contributed by atoms with E-state index in [1.54, 1.807) is 23.6 Å². The number of nitrogens with one attached hydrogen (secondary N) is 1. The second-order valence-corrected chi connectivity index (χ2v) is 7.50. The maximum Gasteiger partial charge on any atom is 0.248 e. The number of rotatable bonds is 7. The Hall–Kier alpha value is -3.36. The first-order chi connectivity index (χ1) is 14.9. The van der Waals surface area contributed by atoms with E-state index in [1.807, 2.05) is 30.3 Å². The zero-order chi connectivity index (χ0) is 22.4. The molecule has 0 saturated heterocycles. The molecule has 31 heavy (non-hydrogen) atoms. The fraction of sp³-hybridized carbons (Fsp3) is 0.136. The summed E-state index contributed by atoms with van der Waals surface area (Å²) in [7, 11) is 2.97. The van der Waals surface area contributed by atoms with E-state index in [-0.39, 0.29) is 11.8 Å². The summed E-state index contributed by atoms with van der Waals surface area (Å²) in [6.07, 6.45) is 2.91. The molecule has 0 unspecified atom stereocenters. The Balaban J connectivity index is 1.75. The molecule has 0 radical (unpaired) electrons. The van der Waals surface area contributed by atoms with Gasteiger partial charge in [-0.3, -0.25) is 14.5 Å². The maximum atomic E-state index is 12.4. The molecule has 9 heteroatoms. The number of nitrogens with zero attached hydrogens (tertiary/aromatic N) is 2. The third-order valence-electron chi connectivity index (χ3n) is 4.17. The van der Waals surface area contributed by atoms with Crippen LogP contribution in [0.4, 0.5) is 16.5 Å². The molecule has 0 bridgehead atoms. The molecule has 3 aromatic rings. The van der Waals surface area contributed by atoms with E-state index in [4.69, 9.17) is 21.1 Å². The summed E-state index contributed by atoms with van der Waals surface area (Å²) in [6, 6.07) is 12.4. The molecule has 0 aliphatic carbocycles. The van der Waals surface area contributed by atoms with Crippen molar-refractivity contribution < 1.29 is 19.1 Å². The zero-order valence-corrected chi connectivity index (χ0v) is 18.7. The van der Waals surface area contributed by atoms with Crippen LogP contribution in [0.15, 0.2) is 53.9 Å². The number of halogens is 1. The highest BCUT2D eigenvalue weighted by Gasteiger charge is 2.17. The first-order valence-corrected chi connectivity index (χ1v) is 10.4. The number of thiazole rings is 1. The second-order valence-electron chi connectivity index (χ2n) is 6.25. The number of anilines is 3. The van der Waals surface area contributed by atoms with Gasteiger partial charge in [0.1, 0.15) is 11.5 Å². The molecular formula is C22H20ClN3O4S. The predicted molar refractivity (Wildman–Crippen MR) is 124 cm³/mol. The molecule has 0 fully saturated rings. The van der Waals surface area contributed by atoms with Crippen LogP contribution in [0, 0.1) is 0 Å². The number of hydrogen-bond donors (Lipinski definition) is 1. The Bertz CT molecular complexity index is 1120. The highest BCUT2D eigenvalue weighted by Crippen LogP contribution is 2.36. The van der Waals surface area contributed by atoms with Gasteiger partial charge in [-0.2, -0.15) is 0 Å². The molecule has 0 aliphatic rings. The Morgan fingerprint density at radius 2 is 1.84 bits per heavy atom. The Kier molecular flexibility index (Phi) is 7.28. The summed E-state index contributed by atoms with van der Waals surface area (Å²) in [4.78, 5) is 30.5. The molecule has 3 rings (SSSR count). The third kappa shape index (κ3) is 5.42. The smallest absolute Gasteiger partial charge is 0.248 e. The van der Waals surface area contributed by atoms with Crippen molar-refractivity contribution in [3.63, 3.8) is 0 Å². The Labute approximate surface area is 188 Å². The lowest BCUT2D eigenvalue weighted by Crippen LogP contribution is -2.22. The van der Waals surface area contributed by atoms with Gasteiger partial charge in [-0.05, 0) is 18.2 Å². The SMILES string of the molecule is COc1cc(NC(=O)/C=C/c2csc(N(C(C)=O)c3ccccc3)n2)c(OC)cc1Cl. The van der Waals surface area contributed by atoms with Crippen molar-refractivity contribution in [2.24, 2.45) is 0 Å². The first kappa shape index (κ1) is 22.3.